The van der Waals surface area contributed by atoms with Crippen LogP contribution in [0.3, 0.4) is 0 Å². The molecule has 0 amide bonds. The molecule has 1 fully saturated rings. The van der Waals surface area contributed by atoms with Crippen molar-refractivity contribution in [2.75, 3.05) is 6.61 Å². The Balaban J connectivity index is 1.27. The molecular formula is C44H36N2O17. The molecule has 19 nitrogen and oxygen atoms in total. The Hall–Kier alpha value is -7.64. The predicted octanol–water partition coefficient (Wildman–Crippen LogP) is 5.39. The van der Waals surface area contributed by atoms with Crippen molar-refractivity contribution in [3.8, 4) is 34.3 Å². The Morgan fingerprint density at radius 3 is 2.22 bits per heavy atom. The number of nitro groups is 1. The summed E-state index contributed by atoms with van der Waals surface area (Å²) in [4.78, 5) is 78.7. The van der Waals surface area contributed by atoms with Gasteiger partial charge in [-0.2, -0.15) is 0 Å². The second-order valence-corrected chi connectivity index (χ2v) is 14.7. The van der Waals surface area contributed by atoms with Gasteiger partial charge in [0.1, 0.15) is 35.7 Å². The van der Waals surface area contributed by atoms with Crippen LogP contribution in [-0.4, -0.2) is 87.3 Å². The monoisotopic (exact) mass is 864 g/mol. The van der Waals surface area contributed by atoms with Gasteiger partial charge in [-0.1, -0.05) is 18.2 Å². The van der Waals surface area contributed by atoms with E-state index in [1.165, 1.54) is 48.5 Å². The number of aromatic hydroxyl groups is 2. The van der Waals surface area contributed by atoms with E-state index in [4.69, 9.17) is 42.9 Å². The maximum Gasteiger partial charge on any atom is 0.340 e. The molecule has 0 bridgehead atoms. The number of rotatable bonds is 10. The van der Waals surface area contributed by atoms with Gasteiger partial charge in [-0.15, -0.1) is 0 Å². The van der Waals surface area contributed by atoms with Crippen LogP contribution in [0.5, 0.6) is 23.0 Å². The van der Waals surface area contributed by atoms with E-state index in [9.17, 15) is 44.3 Å². The second-order valence-electron chi connectivity index (χ2n) is 14.7. The third-order valence-corrected chi connectivity index (χ3v) is 10.5. The van der Waals surface area contributed by atoms with Crippen molar-refractivity contribution in [3.63, 3.8) is 0 Å². The number of phenols is 2. The minimum absolute atomic E-state index is 0.00202. The Bertz CT molecular complexity index is 2750. The van der Waals surface area contributed by atoms with Gasteiger partial charge in [-0.05, 0) is 48.0 Å². The summed E-state index contributed by atoms with van der Waals surface area (Å²) >= 11 is 0. The minimum atomic E-state index is -1.63. The number of non-ortho nitro benzene ring substituents is 1. The van der Waals surface area contributed by atoms with Gasteiger partial charge >= 0.3 is 29.8 Å². The first-order valence-corrected chi connectivity index (χ1v) is 19.3. The van der Waals surface area contributed by atoms with Crippen LogP contribution >= 0.6 is 0 Å². The second kappa shape index (κ2) is 16.3. The molecule has 1 saturated heterocycles. The number of esters is 5. The fourth-order valence-corrected chi connectivity index (χ4v) is 8.10. The molecule has 63 heavy (non-hydrogen) atoms. The van der Waals surface area contributed by atoms with E-state index < -0.39 is 84.3 Å². The van der Waals surface area contributed by atoms with Gasteiger partial charge in [0.05, 0.1) is 33.9 Å². The van der Waals surface area contributed by atoms with E-state index >= 15 is 0 Å². The zero-order valence-electron chi connectivity index (χ0n) is 33.7. The summed E-state index contributed by atoms with van der Waals surface area (Å²) in [5, 5.41) is 34.4. The van der Waals surface area contributed by atoms with Crippen LogP contribution in [0.1, 0.15) is 60.3 Å². The van der Waals surface area contributed by atoms with Crippen LogP contribution in [0.25, 0.3) is 22.2 Å². The number of nitro benzene ring substituents is 1. The Labute approximate surface area is 356 Å². The van der Waals surface area contributed by atoms with E-state index in [0.29, 0.717) is 16.7 Å². The summed E-state index contributed by atoms with van der Waals surface area (Å²) in [7, 11) is 0. The molecule has 0 saturated carbocycles. The Morgan fingerprint density at radius 1 is 0.810 bits per heavy atom. The van der Waals surface area contributed by atoms with E-state index in [1.807, 2.05) is 0 Å². The number of aromatic nitrogens is 1. The number of benzene rings is 4. The number of phenolic OH excluding ortho intramolecular Hbond substituents is 2. The molecule has 3 aliphatic heterocycles. The summed E-state index contributed by atoms with van der Waals surface area (Å²) in [5.74, 6) is -4.32. The van der Waals surface area contributed by atoms with Gasteiger partial charge in [0, 0.05) is 68.0 Å². The molecule has 0 radical (unpaired) electrons. The molecule has 3 aliphatic rings. The van der Waals surface area contributed by atoms with Crippen molar-refractivity contribution in [2.24, 2.45) is 0 Å². The van der Waals surface area contributed by atoms with Crippen molar-refractivity contribution in [2.45, 2.75) is 70.6 Å². The van der Waals surface area contributed by atoms with E-state index in [1.54, 1.807) is 30.3 Å². The molecule has 5 aromatic rings. The molecule has 324 valence electrons. The lowest BCUT2D eigenvalue weighted by Crippen LogP contribution is -2.62. The van der Waals surface area contributed by atoms with Gasteiger partial charge in [-0.25, -0.2) is 9.78 Å². The Morgan fingerprint density at radius 2 is 1.51 bits per heavy atom. The zero-order valence-corrected chi connectivity index (χ0v) is 33.7. The quantitative estimate of drug-likeness (QED) is 0.0772. The van der Waals surface area contributed by atoms with E-state index in [-0.39, 0.29) is 62.0 Å². The summed E-state index contributed by atoms with van der Waals surface area (Å²) < 4.78 is 46.8. The van der Waals surface area contributed by atoms with Gasteiger partial charge in [0.2, 0.25) is 0 Å². The topological polar surface area (TPSA) is 256 Å². The van der Waals surface area contributed by atoms with Crippen LogP contribution in [0.2, 0.25) is 0 Å². The molecule has 19 heteroatoms. The first-order valence-electron chi connectivity index (χ1n) is 19.3. The highest BCUT2D eigenvalue weighted by atomic mass is 16.7. The average molecular weight is 865 g/mol. The van der Waals surface area contributed by atoms with Crippen molar-refractivity contribution in [1.82, 2.24) is 4.98 Å². The maximum absolute atomic E-state index is 13.5. The highest BCUT2D eigenvalue weighted by Crippen LogP contribution is 2.59. The number of ether oxygens (including phenoxy) is 8. The van der Waals surface area contributed by atoms with Crippen LogP contribution in [-0.2, 0) is 64.5 Å². The predicted molar refractivity (Wildman–Crippen MR) is 212 cm³/mol. The molecule has 8 rings (SSSR count). The lowest BCUT2D eigenvalue weighted by Gasteiger charge is -2.44. The van der Waals surface area contributed by atoms with Crippen LogP contribution in [0.15, 0.2) is 78.9 Å². The van der Waals surface area contributed by atoms with Crippen molar-refractivity contribution < 1.29 is 77.0 Å². The minimum Gasteiger partial charge on any atom is -0.508 e. The van der Waals surface area contributed by atoms with Gasteiger partial charge in [-0.3, -0.25) is 29.3 Å². The molecule has 4 aromatic carbocycles. The number of carbonyl (C=O) groups is 5. The lowest BCUT2D eigenvalue weighted by atomic mass is 9.76. The zero-order chi connectivity index (χ0) is 44.9. The van der Waals surface area contributed by atoms with Crippen LogP contribution in [0.4, 0.5) is 5.69 Å². The standard InChI is InChI=1S/C44H36N2O17/c1-20(47)56-19-36-39(58-21(2)48)40(59-22(3)49)41(60-23(4)50)43(62-36)57-18-24-15-33(45-32-13-9-25(46(54)55)16-28(24)32)37-34(52)14-12-31-38(37)61-35-17-26(51)10-11-30(35)44(31)29-8-6-5-7-27(29)42(53)63-44/h5-17,36,39-41,43,51-52H,18-19H2,1-4H3/t36-,39-,40+,41-,43-,44?/m1/s1. The first kappa shape index (κ1) is 42.1. The molecule has 2 N–H and O–H groups in total. The highest BCUT2D eigenvalue weighted by Gasteiger charge is 2.55. The third kappa shape index (κ3) is 7.67. The normalized spacial score (nSPS) is 21.8. The number of pyridine rings is 1. The number of hydrogen-bond donors (Lipinski definition) is 2. The third-order valence-electron chi connectivity index (χ3n) is 10.5. The molecule has 1 spiro atoms. The van der Waals surface area contributed by atoms with Crippen LogP contribution in [0, 0.1) is 10.1 Å². The molecule has 4 heterocycles. The van der Waals surface area contributed by atoms with Gasteiger partial charge in [0.15, 0.2) is 30.2 Å². The van der Waals surface area contributed by atoms with E-state index in [0.717, 1.165) is 27.7 Å². The number of nitrogens with zero attached hydrogens (tertiary/aromatic N) is 2. The summed E-state index contributed by atoms with van der Waals surface area (Å²) in [6.45, 7) is 3.33. The number of carbonyl (C=O) groups excluding carboxylic acids is 5. The summed E-state index contributed by atoms with van der Waals surface area (Å²) in [6.07, 6.45) is -7.55. The number of fused-ring (bicyclic) bond motifs is 7. The first-order chi connectivity index (χ1) is 30.0. The lowest BCUT2D eigenvalue weighted by molar-refractivity contribution is -0.384. The fourth-order valence-electron chi connectivity index (χ4n) is 8.10. The summed E-state index contributed by atoms with van der Waals surface area (Å²) in [5.41, 5.74) is -0.0573. The van der Waals surface area contributed by atoms with Gasteiger partial charge in [0.25, 0.3) is 5.69 Å². The average Bonchev–Trinajstić information content (AvgIpc) is 3.51. The largest absolute Gasteiger partial charge is 0.508 e. The molecule has 6 atom stereocenters. The van der Waals surface area contributed by atoms with Crippen molar-refractivity contribution in [1.29, 1.82) is 0 Å². The number of hydrogen-bond acceptors (Lipinski definition) is 18. The van der Waals surface area contributed by atoms with Crippen molar-refractivity contribution >= 4 is 46.4 Å². The highest BCUT2D eigenvalue weighted by molar-refractivity contribution is 5.98. The Kier molecular flexibility index (Phi) is 10.9. The van der Waals surface area contributed by atoms with Gasteiger partial charge < -0.3 is 48.1 Å². The molecular weight excluding hydrogens is 828 g/mol. The van der Waals surface area contributed by atoms with Crippen molar-refractivity contribution in [3.05, 3.63) is 117 Å². The maximum atomic E-state index is 13.5. The molecule has 1 unspecified atom stereocenters. The van der Waals surface area contributed by atoms with E-state index in [2.05, 4.69) is 0 Å². The SMILES string of the molecule is CC(=O)OC[C@H]1O[C@@H](OCc2cc(-c3c(O)ccc4c3Oc3cc(O)ccc3C43OC(=O)c4ccccc43)nc3ccc([N+](=O)[O-])cc23)[C@H](OC(C)=O)[C@@H](OC(C)=O)[C@@H]1OC(C)=O. The molecule has 0 aliphatic carbocycles. The van der Waals surface area contributed by atoms with Crippen LogP contribution < -0.4 is 4.74 Å². The molecule has 1 aromatic heterocycles. The fraction of sp³-hybridized carbons (Fsp3) is 0.273. The smallest absolute Gasteiger partial charge is 0.340 e. The summed E-state index contributed by atoms with van der Waals surface area (Å²) in [6, 6.07) is 19.3.